The predicted molar refractivity (Wildman–Crippen MR) is 204 cm³/mol. The molecule has 0 unspecified atom stereocenters. The smallest absolute Gasteiger partial charge is 0.257 e. The summed E-state index contributed by atoms with van der Waals surface area (Å²) in [4.78, 5) is 35.4. The van der Waals surface area contributed by atoms with E-state index in [1.807, 2.05) is 0 Å². The Bertz CT molecular complexity index is 2570. The van der Waals surface area contributed by atoms with E-state index in [1.165, 1.54) is 0 Å². The van der Waals surface area contributed by atoms with Gasteiger partial charge in [0, 0.05) is 56.8 Å². The van der Waals surface area contributed by atoms with E-state index in [2.05, 4.69) is 75.4 Å². The summed E-state index contributed by atoms with van der Waals surface area (Å²) in [6.07, 6.45) is -8.94. The van der Waals surface area contributed by atoms with Crippen LogP contribution >= 0.6 is 0 Å². The fraction of sp³-hybridized carbons (Fsp3) is 0.0769. The van der Waals surface area contributed by atoms with Crippen molar-refractivity contribution >= 4 is 0 Å². The molecule has 0 fully saturated rings. The van der Waals surface area contributed by atoms with Gasteiger partial charge in [0.2, 0.25) is 0 Å². The summed E-state index contributed by atoms with van der Waals surface area (Å²) in [5.41, 5.74) is 4.28. The van der Waals surface area contributed by atoms with Crippen molar-refractivity contribution in [3.63, 3.8) is 0 Å². The number of aromatic amines is 3. The van der Waals surface area contributed by atoms with Gasteiger partial charge in [-0.15, -0.1) is 15.3 Å². The maximum absolute atomic E-state index is 12.5. The van der Waals surface area contributed by atoms with E-state index >= 15 is 0 Å². The Labute approximate surface area is 383 Å². The van der Waals surface area contributed by atoms with Crippen molar-refractivity contribution in [1.29, 1.82) is 0 Å². The number of nitrogens with zero attached hydrogens (tertiary/aromatic N) is 12. The molecule has 0 aliphatic heterocycles. The Hall–Kier alpha value is -7.04. The van der Waals surface area contributed by atoms with Gasteiger partial charge in [0.25, 0.3) is 17.5 Å². The van der Waals surface area contributed by atoms with Crippen LogP contribution in [-0.2, 0) is 18.5 Å². The molecule has 0 saturated heterocycles. The average molecular weight is 1040 g/mol. The first-order valence-electron chi connectivity index (χ1n) is 17.8. The first kappa shape index (κ1) is 46.5. The van der Waals surface area contributed by atoms with Gasteiger partial charge in [0.1, 0.15) is 17.1 Å². The van der Waals surface area contributed by atoms with Gasteiger partial charge in [-0.2, -0.15) is 39.5 Å². The van der Waals surface area contributed by atoms with Crippen molar-refractivity contribution in [3.05, 3.63) is 145 Å². The molecule has 9 aromatic heterocycles. The Morgan fingerprint density at radius 3 is 0.766 bits per heavy atom. The largest absolute Gasteiger partial charge is 0.453 e. The first-order valence-corrected chi connectivity index (χ1v) is 17.8. The average Bonchev–Trinajstić information content (AvgIpc) is 4.11. The molecule has 64 heavy (non-hydrogen) atoms. The van der Waals surface area contributed by atoms with Crippen LogP contribution < -0.4 is 0 Å². The number of pyridine rings is 6. The van der Waals surface area contributed by atoms with Crippen molar-refractivity contribution in [2.24, 2.45) is 0 Å². The molecule has 0 aliphatic carbocycles. The Morgan fingerprint density at radius 2 is 0.547 bits per heavy atom. The van der Waals surface area contributed by atoms with Crippen LogP contribution in [0.25, 0.3) is 68.7 Å². The fourth-order valence-corrected chi connectivity index (χ4v) is 5.18. The van der Waals surface area contributed by atoms with E-state index in [-0.39, 0.29) is 72.7 Å². The van der Waals surface area contributed by atoms with E-state index in [9.17, 15) is 39.5 Å². The summed E-state index contributed by atoms with van der Waals surface area (Å²) in [7, 11) is 0. The molecule has 9 heterocycles. The summed E-state index contributed by atoms with van der Waals surface area (Å²) in [5, 5.41) is 16.2. The Morgan fingerprint density at radius 1 is 0.297 bits per heavy atom. The number of nitrogens with one attached hydrogen (secondary N) is 3. The van der Waals surface area contributed by atoms with Crippen LogP contribution in [0.5, 0.6) is 0 Å². The monoisotopic (exact) mass is 1040 g/mol. The normalized spacial score (nSPS) is 11.4. The van der Waals surface area contributed by atoms with Gasteiger partial charge in [-0.1, -0.05) is 36.4 Å². The zero-order valence-electron chi connectivity index (χ0n) is 31.7. The maximum atomic E-state index is 12.5. The molecule has 0 amide bonds. The molecule has 0 aliphatic rings. The van der Waals surface area contributed by atoms with Crippen LogP contribution in [0.1, 0.15) is 17.5 Å². The second kappa shape index (κ2) is 20.0. The number of aromatic nitrogens is 15. The van der Waals surface area contributed by atoms with Gasteiger partial charge in [-0.05, 0) is 72.8 Å². The zero-order chi connectivity index (χ0) is 44.6. The van der Waals surface area contributed by atoms with Crippen LogP contribution in [0.3, 0.4) is 0 Å². The number of hydrogen-bond acceptors (Lipinski definition) is 12. The summed E-state index contributed by atoms with van der Waals surface area (Å²) >= 11 is 0. The number of halogens is 9. The van der Waals surface area contributed by atoms with Gasteiger partial charge in [-0.25, -0.2) is 29.9 Å². The number of H-pyrrole nitrogens is 3. The Balaban J connectivity index is 0.000000158. The molecule has 9 rings (SSSR count). The molecule has 0 saturated carbocycles. The molecule has 25 heteroatoms. The van der Waals surface area contributed by atoms with Gasteiger partial charge >= 0.3 is 18.5 Å². The summed E-state index contributed by atoms with van der Waals surface area (Å²) in [5.74, 6) is -3.78. The topological polar surface area (TPSA) is 202 Å². The second-order valence-corrected chi connectivity index (χ2v) is 12.4. The van der Waals surface area contributed by atoms with E-state index in [0.717, 1.165) is 0 Å². The third-order valence-electron chi connectivity index (χ3n) is 7.97. The van der Waals surface area contributed by atoms with Crippen LogP contribution in [0, 0.1) is 38.2 Å². The van der Waals surface area contributed by atoms with E-state index in [1.54, 1.807) is 128 Å². The van der Waals surface area contributed by atoms with E-state index in [4.69, 9.17) is 0 Å². The van der Waals surface area contributed by atoms with Gasteiger partial charge in [0.05, 0.1) is 34.2 Å². The minimum absolute atomic E-state index is 0. The van der Waals surface area contributed by atoms with Gasteiger partial charge < -0.3 is 0 Å². The van der Waals surface area contributed by atoms with Crippen molar-refractivity contribution in [1.82, 2.24) is 75.4 Å². The SMILES string of the molecule is FC(F)(F)c1n[nH]c(-c2cccc(-c3ccccn3)n2)n1.FC(F)(F)c1n[nH]c(-c2cccc(-c3ccccn3)n2)n1.FC(F)(F)c1n[nH]c(-c2cccc(-c3ccccn3)n2)n1.[Dy]. The van der Waals surface area contributed by atoms with Crippen molar-refractivity contribution < 1.29 is 77.7 Å². The molecule has 0 bridgehead atoms. The third kappa shape index (κ3) is 11.9. The summed E-state index contributed by atoms with van der Waals surface area (Å²) < 4.78 is 112. The molecule has 0 aromatic carbocycles. The fourth-order valence-electron chi connectivity index (χ4n) is 5.18. The predicted octanol–water partition coefficient (Wildman–Crippen LogP) is 8.84. The molecular formula is C39H24DyF9N15. The van der Waals surface area contributed by atoms with Crippen LogP contribution in [-0.4, -0.2) is 75.4 Å². The standard InChI is InChI=1S/3C13H8F3N5.Dy/c3*14-13(15,16)12-19-11(20-21-12)10-6-3-5-9(18-10)8-4-1-2-7-17-8;/h3*1-7H,(H,19,20,21);. The Kier molecular flexibility index (Phi) is 14.5. The third-order valence-corrected chi connectivity index (χ3v) is 7.97. The molecule has 0 atom stereocenters. The van der Waals surface area contributed by atoms with Crippen LogP contribution in [0.2, 0.25) is 0 Å². The quantitative estimate of drug-likeness (QED) is 0.134. The molecule has 15 nitrogen and oxygen atoms in total. The number of hydrogen-bond donors (Lipinski definition) is 3. The molecular weight excluding hydrogens is 1010 g/mol. The molecule has 0 spiro atoms. The van der Waals surface area contributed by atoms with E-state index in [0.29, 0.717) is 34.2 Å². The molecule has 9 aromatic rings. The molecule has 328 valence electrons. The van der Waals surface area contributed by atoms with E-state index < -0.39 is 36.0 Å². The summed E-state index contributed by atoms with van der Waals surface area (Å²) in [6.45, 7) is 0. The second-order valence-electron chi connectivity index (χ2n) is 12.4. The van der Waals surface area contributed by atoms with Crippen LogP contribution in [0.4, 0.5) is 39.5 Å². The minimum atomic E-state index is -4.59. The molecule has 3 N–H and O–H groups in total. The molecule has 0 radical (unpaired) electrons. The van der Waals surface area contributed by atoms with Gasteiger partial charge in [0.15, 0.2) is 17.5 Å². The van der Waals surface area contributed by atoms with Crippen molar-refractivity contribution in [2.45, 2.75) is 18.5 Å². The van der Waals surface area contributed by atoms with Crippen molar-refractivity contribution in [3.8, 4) is 68.7 Å². The first-order chi connectivity index (χ1) is 30.1. The van der Waals surface area contributed by atoms with Gasteiger partial charge in [-0.3, -0.25) is 30.2 Å². The number of alkyl halides is 9. The minimum Gasteiger partial charge on any atom is -0.257 e. The van der Waals surface area contributed by atoms with Crippen molar-refractivity contribution in [2.75, 3.05) is 0 Å². The summed E-state index contributed by atoms with van der Waals surface area (Å²) in [6, 6.07) is 30.8. The van der Waals surface area contributed by atoms with Crippen LogP contribution in [0.15, 0.2) is 128 Å². The number of rotatable bonds is 6. The zero-order valence-corrected chi connectivity index (χ0v) is 33.7. The maximum Gasteiger partial charge on any atom is 0.453 e.